The van der Waals surface area contributed by atoms with E-state index in [2.05, 4.69) is 38.0 Å². The first-order chi connectivity index (χ1) is 7.17. The van der Waals surface area contributed by atoms with Gasteiger partial charge in [0.2, 0.25) is 0 Å². The molecule has 0 spiro atoms. The van der Waals surface area contributed by atoms with Crippen LogP contribution in [0, 0.1) is 5.92 Å². The highest BCUT2D eigenvalue weighted by Gasteiger charge is 2.09. The molecule has 2 atom stereocenters. The fourth-order valence-corrected chi connectivity index (χ4v) is 2.21. The highest BCUT2D eigenvalue weighted by atomic mass is 32.1. The van der Waals surface area contributed by atoms with Gasteiger partial charge in [-0.15, -0.1) is 11.3 Å². The third-order valence-electron chi connectivity index (χ3n) is 3.02. The molecule has 1 aromatic heterocycles. The topological polar surface area (TPSA) is 24.9 Å². The minimum Gasteiger partial charge on any atom is -0.308 e. The molecule has 0 aliphatic carbocycles. The molecule has 86 valence electrons. The maximum atomic E-state index is 4.40. The molecule has 2 unspecified atom stereocenters. The molecule has 0 bridgehead atoms. The van der Waals surface area contributed by atoms with Gasteiger partial charge < -0.3 is 5.32 Å². The maximum Gasteiger partial charge on any atom is 0.107 e. The van der Waals surface area contributed by atoms with Gasteiger partial charge in [0, 0.05) is 23.7 Å². The Morgan fingerprint density at radius 3 is 2.67 bits per heavy atom. The van der Waals surface area contributed by atoms with Gasteiger partial charge in [-0.1, -0.05) is 27.2 Å². The quantitative estimate of drug-likeness (QED) is 0.805. The number of thiazole rings is 1. The first-order valence-electron chi connectivity index (χ1n) is 5.84. The van der Waals surface area contributed by atoms with Crippen LogP contribution in [0.3, 0.4) is 0 Å². The third-order valence-corrected chi connectivity index (χ3v) is 4.16. The van der Waals surface area contributed by atoms with Gasteiger partial charge in [-0.2, -0.15) is 0 Å². The van der Waals surface area contributed by atoms with Crippen molar-refractivity contribution in [2.24, 2.45) is 5.92 Å². The van der Waals surface area contributed by atoms with Gasteiger partial charge in [0.15, 0.2) is 0 Å². The van der Waals surface area contributed by atoms with Crippen LogP contribution in [0.4, 0.5) is 0 Å². The van der Waals surface area contributed by atoms with E-state index in [4.69, 9.17) is 0 Å². The van der Waals surface area contributed by atoms with Gasteiger partial charge in [0.05, 0.1) is 0 Å². The smallest absolute Gasteiger partial charge is 0.107 e. The second kappa shape index (κ2) is 6.23. The van der Waals surface area contributed by atoms with Crippen molar-refractivity contribution in [1.82, 2.24) is 10.3 Å². The van der Waals surface area contributed by atoms with Crippen molar-refractivity contribution in [3.8, 4) is 0 Å². The second-order valence-electron chi connectivity index (χ2n) is 4.13. The number of hydrogen-bond donors (Lipinski definition) is 1. The van der Waals surface area contributed by atoms with Gasteiger partial charge in [0.25, 0.3) is 0 Å². The molecule has 2 nitrogen and oxygen atoms in total. The van der Waals surface area contributed by atoms with E-state index >= 15 is 0 Å². The minimum atomic E-state index is 0.573. The number of aromatic nitrogens is 1. The molecular weight excluding hydrogens is 204 g/mol. The first kappa shape index (κ1) is 12.7. The molecule has 0 saturated heterocycles. The number of rotatable bonds is 6. The van der Waals surface area contributed by atoms with Crippen LogP contribution in [-0.4, -0.2) is 11.0 Å². The Kier molecular flexibility index (Phi) is 5.26. The van der Waals surface area contributed by atoms with E-state index in [1.165, 1.54) is 16.3 Å². The van der Waals surface area contributed by atoms with Crippen molar-refractivity contribution < 1.29 is 0 Å². The van der Waals surface area contributed by atoms with Gasteiger partial charge >= 0.3 is 0 Å². The summed E-state index contributed by atoms with van der Waals surface area (Å²) in [6, 6.07) is 0.573. The van der Waals surface area contributed by atoms with E-state index < -0.39 is 0 Å². The average Bonchev–Trinajstić information content (AvgIpc) is 2.72. The van der Waals surface area contributed by atoms with E-state index in [1.807, 2.05) is 17.5 Å². The predicted octanol–water partition coefficient (Wildman–Crippen LogP) is 3.23. The normalized spacial score (nSPS) is 15.2. The SMILES string of the molecule is CCc1cnc(CNC(C)C(C)CC)s1. The van der Waals surface area contributed by atoms with E-state index in [0.717, 1.165) is 18.9 Å². The summed E-state index contributed by atoms with van der Waals surface area (Å²) < 4.78 is 0. The molecule has 15 heavy (non-hydrogen) atoms. The van der Waals surface area contributed by atoms with Crippen LogP contribution in [0.15, 0.2) is 6.20 Å². The van der Waals surface area contributed by atoms with Crippen LogP contribution in [0.1, 0.15) is 44.0 Å². The van der Waals surface area contributed by atoms with Crippen molar-refractivity contribution in [1.29, 1.82) is 0 Å². The summed E-state index contributed by atoms with van der Waals surface area (Å²) in [6.07, 6.45) is 4.32. The second-order valence-corrected chi connectivity index (χ2v) is 5.33. The Labute approximate surface area is 97.1 Å². The van der Waals surface area contributed by atoms with E-state index in [-0.39, 0.29) is 0 Å². The van der Waals surface area contributed by atoms with Crippen LogP contribution >= 0.6 is 11.3 Å². The lowest BCUT2D eigenvalue weighted by atomic mass is 10.0. The summed E-state index contributed by atoms with van der Waals surface area (Å²) in [4.78, 5) is 5.78. The van der Waals surface area contributed by atoms with Crippen molar-refractivity contribution in [3.05, 3.63) is 16.1 Å². The van der Waals surface area contributed by atoms with Crippen LogP contribution in [0.2, 0.25) is 0 Å². The standard InChI is InChI=1S/C12H22N2S/c1-5-9(3)10(4)13-8-12-14-7-11(6-2)15-12/h7,9-10,13H,5-6,8H2,1-4H3. The molecule has 1 rings (SSSR count). The van der Waals surface area contributed by atoms with E-state index in [9.17, 15) is 0 Å². The van der Waals surface area contributed by atoms with Crippen LogP contribution in [-0.2, 0) is 13.0 Å². The first-order valence-corrected chi connectivity index (χ1v) is 6.66. The zero-order chi connectivity index (χ0) is 11.3. The lowest BCUT2D eigenvalue weighted by Crippen LogP contribution is -2.31. The molecule has 0 radical (unpaired) electrons. The molecule has 0 aromatic carbocycles. The lowest BCUT2D eigenvalue weighted by molar-refractivity contribution is 0.389. The maximum absolute atomic E-state index is 4.40. The highest BCUT2D eigenvalue weighted by molar-refractivity contribution is 7.11. The summed E-state index contributed by atoms with van der Waals surface area (Å²) in [5, 5.41) is 4.75. The fourth-order valence-electron chi connectivity index (χ4n) is 1.40. The largest absolute Gasteiger partial charge is 0.308 e. The molecule has 0 aliphatic rings. The van der Waals surface area contributed by atoms with Gasteiger partial charge in [-0.3, -0.25) is 0 Å². The van der Waals surface area contributed by atoms with Crippen molar-refractivity contribution >= 4 is 11.3 Å². The van der Waals surface area contributed by atoms with Crippen LogP contribution in [0.5, 0.6) is 0 Å². The Morgan fingerprint density at radius 1 is 1.40 bits per heavy atom. The lowest BCUT2D eigenvalue weighted by Gasteiger charge is -2.18. The number of aryl methyl sites for hydroxylation is 1. The monoisotopic (exact) mass is 226 g/mol. The summed E-state index contributed by atoms with van der Waals surface area (Å²) in [5.74, 6) is 0.732. The number of nitrogens with one attached hydrogen (secondary N) is 1. The van der Waals surface area contributed by atoms with E-state index in [1.54, 1.807) is 0 Å². The molecule has 1 N–H and O–H groups in total. The highest BCUT2D eigenvalue weighted by Crippen LogP contribution is 2.14. The predicted molar refractivity (Wildman–Crippen MR) is 67.2 cm³/mol. The number of hydrogen-bond acceptors (Lipinski definition) is 3. The molecule has 0 saturated carbocycles. The zero-order valence-corrected chi connectivity index (χ0v) is 11.0. The summed E-state index contributed by atoms with van der Waals surface area (Å²) in [5.41, 5.74) is 0. The minimum absolute atomic E-state index is 0.573. The van der Waals surface area contributed by atoms with Gasteiger partial charge in [0.1, 0.15) is 5.01 Å². The van der Waals surface area contributed by atoms with Crippen LogP contribution in [0.25, 0.3) is 0 Å². The molecule has 0 fully saturated rings. The third kappa shape index (κ3) is 3.92. The molecule has 0 amide bonds. The Hall–Kier alpha value is -0.410. The molecular formula is C12H22N2S. The Bertz CT molecular complexity index is 283. The zero-order valence-electron chi connectivity index (χ0n) is 10.2. The van der Waals surface area contributed by atoms with Crippen molar-refractivity contribution in [3.63, 3.8) is 0 Å². The summed E-state index contributed by atoms with van der Waals surface area (Å²) >= 11 is 1.82. The Morgan fingerprint density at radius 2 is 2.13 bits per heavy atom. The van der Waals surface area contributed by atoms with Crippen LogP contribution < -0.4 is 5.32 Å². The molecule has 1 heterocycles. The summed E-state index contributed by atoms with van der Waals surface area (Å²) in [7, 11) is 0. The molecule has 3 heteroatoms. The van der Waals surface area contributed by atoms with Gasteiger partial charge in [-0.25, -0.2) is 4.98 Å². The molecule has 0 aliphatic heterocycles. The van der Waals surface area contributed by atoms with Crippen molar-refractivity contribution in [2.75, 3.05) is 0 Å². The van der Waals surface area contributed by atoms with E-state index in [0.29, 0.717) is 6.04 Å². The summed E-state index contributed by atoms with van der Waals surface area (Å²) in [6.45, 7) is 9.86. The number of nitrogens with zero attached hydrogens (tertiary/aromatic N) is 1. The average molecular weight is 226 g/mol. The van der Waals surface area contributed by atoms with Crippen molar-refractivity contribution in [2.45, 2.75) is 53.1 Å². The fraction of sp³-hybridized carbons (Fsp3) is 0.750. The Balaban J connectivity index is 2.36. The molecule has 1 aromatic rings. The van der Waals surface area contributed by atoms with Gasteiger partial charge in [-0.05, 0) is 19.3 Å².